The van der Waals surface area contributed by atoms with Crippen molar-refractivity contribution in [2.24, 2.45) is 0 Å². The van der Waals surface area contributed by atoms with Crippen LogP contribution in [0.1, 0.15) is 0 Å². The van der Waals surface area contributed by atoms with E-state index in [1.165, 1.54) is 0 Å². The summed E-state index contributed by atoms with van der Waals surface area (Å²) in [5, 5.41) is 0. The van der Waals surface area contributed by atoms with Gasteiger partial charge < -0.3 is 0 Å². The normalized spacial score (nSPS) is 8.25. The highest BCUT2D eigenvalue weighted by Gasteiger charge is 1.78. The molecule has 0 spiro atoms. The molecular weight excluding hydrogens is 213 g/mol. The second-order valence-electron chi connectivity index (χ2n) is 0.625. The molecule has 0 amide bonds. The van der Waals surface area contributed by atoms with Crippen molar-refractivity contribution in [3.63, 3.8) is 0 Å². The molecule has 0 unspecified atom stereocenters. The lowest BCUT2D eigenvalue weighted by Gasteiger charge is -1.69. The van der Waals surface area contributed by atoms with Crippen LogP contribution < -0.4 is 0 Å². The lowest BCUT2D eigenvalue weighted by molar-refractivity contribution is 1.52. The molecule has 0 aliphatic rings. The third-order valence-electron chi connectivity index (χ3n) is 0.0714. The molecule has 52 valence electrons. The highest BCUT2D eigenvalue weighted by molar-refractivity contribution is 6.63. The molecule has 0 bridgehead atoms. The van der Waals surface area contributed by atoms with Crippen LogP contribution in [-0.2, 0) is 0 Å². The third kappa shape index (κ3) is 51.6. The van der Waals surface area contributed by atoms with Gasteiger partial charge in [-0.05, 0) is 0 Å². The van der Waals surface area contributed by atoms with Crippen molar-refractivity contribution in [2.45, 2.75) is 4.30 Å². The van der Waals surface area contributed by atoms with Gasteiger partial charge in [0.1, 0.15) is 0 Å². The van der Waals surface area contributed by atoms with E-state index in [9.17, 15) is 0 Å². The predicted molar refractivity (Wildman–Crippen MR) is 42.8 cm³/mol. The van der Waals surface area contributed by atoms with Gasteiger partial charge in [0.25, 0.3) is 0 Å². The molecule has 0 saturated heterocycles. The summed E-state index contributed by atoms with van der Waals surface area (Å²) in [6.07, 6.45) is 0. The highest BCUT2D eigenvalue weighted by Crippen LogP contribution is 2.03. The van der Waals surface area contributed by atoms with E-state index >= 15 is 0 Å². The van der Waals surface area contributed by atoms with Crippen molar-refractivity contribution in [2.75, 3.05) is 11.8 Å². The third-order valence-corrected chi connectivity index (χ3v) is 0.643. The van der Waals surface area contributed by atoms with Crippen molar-refractivity contribution < 1.29 is 0 Å². The molecule has 0 aromatic heterocycles. The topological polar surface area (TPSA) is 0 Å². The van der Waals surface area contributed by atoms with Crippen LogP contribution in [0.5, 0.6) is 0 Å². The van der Waals surface area contributed by atoms with Gasteiger partial charge in [-0.1, -0.05) is 34.8 Å². The first-order chi connectivity index (χ1) is 3.65. The second kappa shape index (κ2) is 11.3. The fraction of sp³-hybridized carbons (Fsp3) is 1.00. The number of halogens is 5. The van der Waals surface area contributed by atoms with E-state index in [-0.39, 0.29) is 0 Å². The Labute approximate surface area is 74.0 Å². The summed E-state index contributed by atoms with van der Waals surface area (Å²) < 4.78 is -0.750. The maximum atomic E-state index is 5.05. The van der Waals surface area contributed by atoms with Gasteiger partial charge in [0.2, 0.25) is 0 Å². The predicted octanol–water partition coefficient (Wildman–Crippen LogP) is 3.45. The average Bonchev–Trinajstić information content (AvgIpc) is 1.65. The zero-order valence-electron chi connectivity index (χ0n) is 3.88. The molecule has 0 nitrogen and oxygen atoms in total. The van der Waals surface area contributed by atoms with E-state index in [2.05, 4.69) is 0 Å². The van der Waals surface area contributed by atoms with E-state index < -0.39 is 4.30 Å². The van der Waals surface area contributed by atoms with Crippen molar-refractivity contribution in [3.8, 4) is 0 Å². The first-order valence-corrected chi connectivity index (χ1v) is 4.07. The Hall–Kier alpha value is 1.45. The van der Waals surface area contributed by atoms with Crippen LogP contribution in [0.3, 0.4) is 0 Å². The quantitative estimate of drug-likeness (QED) is 0.591. The van der Waals surface area contributed by atoms with Crippen LogP contribution >= 0.6 is 58.0 Å². The van der Waals surface area contributed by atoms with Crippen LogP contribution in [0.25, 0.3) is 0 Å². The fourth-order valence-corrected chi connectivity index (χ4v) is 0. The van der Waals surface area contributed by atoms with Crippen LogP contribution in [0.15, 0.2) is 0 Å². The van der Waals surface area contributed by atoms with Gasteiger partial charge >= 0.3 is 0 Å². The molecule has 0 atom stereocenters. The Balaban J connectivity index is 0. The van der Waals surface area contributed by atoms with E-state index in [0.29, 0.717) is 11.8 Å². The fourth-order valence-electron chi connectivity index (χ4n) is 0. The molecule has 0 aliphatic heterocycles. The van der Waals surface area contributed by atoms with Gasteiger partial charge in [-0.25, -0.2) is 0 Å². The zero-order chi connectivity index (χ0) is 6.99. The smallest absolute Gasteiger partial charge is 0.125 e. The number of hydrogen-bond donors (Lipinski definition) is 0. The monoisotopic (exact) mass is 216 g/mol. The summed E-state index contributed by atoms with van der Waals surface area (Å²) in [5.74, 6) is 1.11. The Morgan fingerprint density at radius 3 is 1.00 bits per heavy atom. The molecule has 0 aromatic rings. The molecule has 0 saturated carbocycles. The van der Waals surface area contributed by atoms with Gasteiger partial charge in [-0.2, -0.15) is 0 Å². The molecular formula is C3H5Cl5. The number of hydrogen-bond acceptors (Lipinski definition) is 0. The largest absolute Gasteiger partial charge is 0.180 e. The number of alkyl halides is 5. The van der Waals surface area contributed by atoms with Gasteiger partial charge in [0.05, 0.1) is 0 Å². The van der Waals surface area contributed by atoms with Crippen molar-refractivity contribution in [1.29, 1.82) is 0 Å². The molecule has 0 radical (unpaired) electrons. The molecule has 8 heavy (non-hydrogen) atoms. The van der Waals surface area contributed by atoms with E-state index in [4.69, 9.17) is 58.0 Å². The standard InChI is InChI=1S/C2H4Cl2.CHCl3/c3-1-2-4;2-1(3)4/h1-2H2;1H. The Kier molecular flexibility index (Phi) is 17.1. The van der Waals surface area contributed by atoms with E-state index in [1.807, 2.05) is 0 Å². The summed E-state index contributed by atoms with van der Waals surface area (Å²) in [4.78, 5) is 0. The first kappa shape index (κ1) is 12.2. The SMILES string of the molecule is ClC(Cl)Cl.ClCCCl. The van der Waals surface area contributed by atoms with Gasteiger partial charge in [-0.3, -0.25) is 0 Å². The van der Waals surface area contributed by atoms with Crippen LogP contribution in [-0.4, -0.2) is 16.1 Å². The van der Waals surface area contributed by atoms with Crippen LogP contribution in [0, 0.1) is 0 Å². The summed E-state index contributed by atoms with van der Waals surface area (Å²) in [5.41, 5.74) is 0. The van der Waals surface area contributed by atoms with E-state index in [0.717, 1.165) is 0 Å². The summed E-state index contributed by atoms with van der Waals surface area (Å²) in [6, 6.07) is 0. The zero-order valence-corrected chi connectivity index (χ0v) is 7.66. The van der Waals surface area contributed by atoms with E-state index in [1.54, 1.807) is 0 Å². The maximum absolute atomic E-state index is 5.05. The Bertz CT molecular complexity index is 24.1. The van der Waals surface area contributed by atoms with Crippen LogP contribution in [0.4, 0.5) is 0 Å². The molecule has 0 rings (SSSR count). The summed E-state index contributed by atoms with van der Waals surface area (Å²) in [7, 11) is 0. The number of rotatable bonds is 1. The summed E-state index contributed by atoms with van der Waals surface area (Å²) >= 11 is 24.5. The van der Waals surface area contributed by atoms with Crippen molar-refractivity contribution in [3.05, 3.63) is 0 Å². The van der Waals surface area contributed by atoms with Gasteiger partial charge in [0, 0.05) is 11.8 Å². The first-order valence-electron chi connectivity index (χ1n) is 1.69. The molecule has 5 heteroatoms. The molecule has 0 N–H and O–H groups in total. The van der Waals surface area contributed by atoms with Gasteiger partial charge in [-0.15, -0.1) is 23.2 Å². The van der Waals surface area contributed by atoms with Crippen molar-refractivity contribution in [1.82, 2.24) is 0 Å². The second-order valence-corrected chi connectivity index (χ2v) is 3.36. The van der Waals surface area contributed by atoms with Crippen LogP contribution in [0.2, 0.25) is 0 Å². The lowest BCUT2D eigenvalue weighted by Crippen LogP contribution is -1.63. The molecule has 0 heterocycles. The average molecular weight is 218 g/mol. The van der Waals surface area contributed by atoms with Crippen molar-refractivity contribution >= 4 is 58.0 Å². The highest BCUT2D eigenvalue weighted by atomic mass is 35.6. The minimum atomic E-state index is -0.750. The summed E-state index contributed by atoms with van der Waals surface area (Å²) in [6.45, 7) is 0. The minimum Gasteiger partial charge on any atom is -0.125 e. The van der Waals surface area contributed by atoms with Gasteiger partial charge in [0.15, 0.2) is 4.30 Å². The molecule has 0 aromatic carbocycles. The molecule has 0 fully saturated rings. The maximum Gasteiger partial charge on any atom is 0.180 e. The molecule has 0 aliphatic carbocycles. The minimum absolute atomic E-state index is 0.557. The Morgan fingerprint density at radius 2 is 1.00 bits per heavy atom. The Morgan fingerprint density at radius 1 is 0.875 bits per heavy atom. The lowest BCUT2D eigenvalue weighted by atomic mass is 11.0.